The number of hydrogen-bond donors (Lipinski definition) is 2. The van der Waals surface area contributed by atoms with Gasteiger partial charge >= 0.3 is 6.03 Å². The van der Waals surface area contributed by atoms with Crippen LogP contribution >= 0.6 is 0 Å². The van der Waals surface area contributed by atoms with Gasteiger partial charge < -0.3 is 15.2 Å². The minimum atomic E-state index is -0.224. The zero-order valence-corrected chi connectivity index (χ0v) is 7.03. The van der Waals surface area contributed by atoms with Crippen molar-refractivity contribution in [2.75, 3.05) is 7.05 Å². The predicted molar refractivity (Wildman–Crippen MR) is 42.3 cm³/mol. The molecule has 66 valence electrons. The normalized spacial score (nSPS) is 9.50. The monoisotopic (exact) mass is 169 g/mol. The van der Waals surface area contributed by atoms with Crippen LogP contribution in [0.1, 0.15) is 5.82 Å². The van der Waals surface area contributed by atoms with Gasteiger partial charge in [-0.05, 0) is 0 Å². The number of carbonyl (C=O) groups is 1. The lowest BCUT2D eigenvalue weighted by atomic mass is 10.6. The Bertz CT molecular complexity index is 269. The van der Waals surface area contributed by atoms with Crippen molar-refractivity contribution in [2.45, 2.75) is 6.54 Å². The third-order valence-corrected chi connectivity index (χ3v) is 1.44. The Hall–Kier alpha value is -1.59. The van der Waals surface area contributed by atoms with Gasteiger partial charge in [0, 0.05) is 14.1 Å². The van der Waals surface area contributed by atoms with E-state index in [0.29, 0.717) is 6.54 Å². The van der Waals surface area contributed by atoms with E-state index in [1.807, 2.05) is 7.05 Å². The van der Waals surface area contributed by atoms with Crippen LogP contribution in [0.15, 0.2) is 6.33 Å². The lowest BCUT2D eigenvalue weighted by Crippen LogP contribution is -2.32. The molecule has 0 radical (unpaired) electrons. The molecule has 0 atom stereocenters. The van der Waals surface area contributed by atoms with Crippen molar-refractivity contribution in [3.8, 4) is 0 Å². The molecule has 1 heterocycles. The zero-order chi connectivity index (χ0) is 8.97. The first-order valence-corrected chi connectivity index (χ1v) is 3.52. The van der Waals surface area contributed by atoms with Gasteiger partial charge in [0.2, 0.25) is 0 Å². The lowest BCUT2D eigenvalue weighted by Gasteiger charge is -2.02. The fraction of sp³-hybridized carbons (Fsp3) is 0.500. The summed E-state index contributed by atoms with van der Waals surface area (Å²) in [5.74, 6) is 0.721. The summed E-state index contributed by atoms with van der Waals surface area (Å²) in [6, 6.07) is -0.224. The SMILES string of the molecule is CNC(=O)NCc1nncn1C. The first-order valence-electron chi connectivity index (χ1n) is 3.52. The molecule has 6 nitrogen and oxygen atoms in total. The van der Waals surface area contributed by atoms with Gasteiger partial charge in [0.05, 0.1) is 6.54 Å². The van der Waals surface area contributed by atoms with E-state index in [-0.39, 0.29) is 6.03 Å². The molecule has 2 N–H and O–H groups in total. The molecule has 0 aliphatic rings. The van der Waals surface area contributed by atoms with Gasteiger partial charge in [-0.2, -0.15) is 0 Å². The molecule has 1 aromatic heterocycles. The molecule has 0 saturated carbocycles. The molecule has 1 aromatic rings. The van der Waals surface area contributed by atoms with Crippen LogP contribution in [-0.2, 0) is 13.6 Å². The number of nitrogens with one attached hydrogen (secondary N) is 2. The Balaban J connectivity index is 2.43. The second-order valence-electron chi connectivity index (χ2n) is 2.29. The number of hydrogen-bond acceptors (Lipinski definition) is 3. The summed E-state index contributed by atoms with van der Waals surface area (Å²) in [6.45, 7) is 0.385. The third kappa shape index (κ3) is 1.94. The van der Waals surface area contributed by atoms with Crippen molar-refractivity contribution in [1.29, 1.82) is 0 Å². The summed E-state index contributed by atoms with van der Waals surface area (Å²) >= 11 is 0. The van der Waals surface area contributed by atoms with Gasteiger partial charge in [0.15, 0.2) is 5.82 Å². The van der Waals surface area contributed by atoms with Crippen molar-refractivity contribution >= 4 is 6.03 Å². The van der Waals surface area contributed by atoms with E-state index in [2.05, 4.69) is 20.8 Å². The molecule has 0 fully saturated rings. The van der Waals surface area contributed by atoms with Gasteiger partial charge in [-0.3, -0.25) is 0 Å². The fourth-order valence-electron chi connectivity index (χ4n) is 0.715. The molecule has 0 bridgehead atoms. The first kappa shape index (κ1) is 8.51. The van der Waals surface area contributed by atoms with Gasteiger partial charge in [0.25, 0.3) is 0 Å². The average Bonchev–Trinajstić information content (AvgIpc) is 2.47. The van der Waals surface area contributed by atoms with Gasteiger partial charge in [-0.1, -0.05) is 0 Å². The Morgan fingerprint density at radius 3 is 3.00 bits per heavy atom. The Morgan fingerprint density at radius 2 is 2.50 bits per heavy atom. The van der Waals surface area contributed by atoms with Crippen molar-refractivity contribution < 1.29 is 4.79 Å². The zero-order valence-electron chi connectivity index (χ0n) is 7.03. The molecule has 12 heavy (non-hydrogen) atoms. The van der Waals surface area contributed by atoms with Crippen molar-refractivity contribution in [3.05, 3.63) is 12.2 Å². The van der Waals surface area contributed by atoms with E-state index in [9.17, 15) is 4.79 Å². The largest absolute Gasteiger partial charge is 0.341 e. The quantitative estimate of drug-likeness (QED) is 0.611. The summed E-state index contributed by atoms with van der Waals surface area (Å²) < 4.78 is 1.75. The van der Waals surface area contributed by atoms with Crippen LogP contribution in [0.3, 0.4) is 0 Å². The highest BCUT2D eigenvalue weighted by molar-refractivity contribution is 5.73. The molecule has 6 heteroatoms. The van der Waals surface area contributed by atoms with Gasteiger partial charge in [0.1, 0.15) is 6.33 Å². The molecule has 2 amide bonds. The first-order chi connectivity index (χ1) is 5.74. The van der Waals surface area contributed by atoms with Crippen LogP contribution in [-0.4, -0.2) is 27.8 Å². The summed E-state index contributed by atoms with van der Waals surface area (Å²) in [5.41, 5.74) is 0. The van der Waals surface area contributed by atoms with Crippen LogP contribution < -0.4 is 10.6 Å². The van der Waals surface area contributed by atoms with E-state index in [4.69, 9.17) is 0 Å². The van der Waals surface area contributed by atoms with Gasteiger partial charge in [-0.25, -0.2) is 4.79 Å². The van der Waals surface area contributed by atoms with Crippen molar-refractivity contribution in [2.24, 2.45) is 7.05 Å². The lowest BCUT2D eigenvalue weighted by molar-refractivity contribution is 0.242. The number of urea groups is 1. The van der Waals surface area contributed by atoms with Crippen LogP contribution in [0.2, 0.25) is 0 Å². The molecule has 0 aliphatic carbocycles. The minimum Gasteiger partial charge on any atom is -0.341 e. The minimum absolute atomic E-state index is 0.224. The van der Waals surface area contributed by atoms with Crippen molar-refractivity contribution in [1.82, 2.24) is 25.4 Å². The summed E-state index contributed by atoms with van der Waals surface area (Å²) in [5, 5.41) is 12.5. The molecule has 0 aliphatic heterocycles. The molecule has 0 spiro atoms. The maximum absolute atomic E-state index is 10.7. The highest BCUT2D eigenvalue weighted by Gasteiger charge is 2.01. The molecular formula is C6H11N5O. The van der Waals surface area contributed by atoms with Crippen LogP contribution in [0.4, 0.5) is 4.79 Å². The standard InChI is InChI=1S/C6H11N5O/c1-7-6(12)8-3-5-10-9-4-11(5)2/h4H,3H2,1-2H3,(H2,7,8,12). The van der Waals surface area contributed by atoms with E-state index in [1.54, 1.807) is 17.9 Å². The number of aryl methyl sites for hydroxylation is 1. The Labute approximate surface area is 70.0 Å². The Kier molecular flexibility index (Phi) is 2.62. The van der Waals surface area contributed by atoms with Gasteiger partial charge in [-0.15, -0.1) is 10.2 Å². The number of carbonyl (C=O) groups excluding carboxylic acids is 1. The molecule has 1 rings (SSSR count). The van der Waals surface area contributed by atoms with E-state index < -0.39 is 0 Å². The summed E-state index contributed by atoms with van der Waals surface area (Å²) in [7, 11) is 3.38. The topological polar surface area (TPSA) is 71.8 Å². The maximum atomic E-state index is 10.7. The molecule has 0 unspecified atom stereocenters. The highest BCUT2D eigenvalue weighted by Crippen LogP contribution is 1.88. The van der Waals surface area contributed by atoms with E-state index >= 15 is 0 Å². The fourth-order valence-corrected chi connectivity index (χ4v) is 0.715. The average molecular weight is 169 g/mol. The number of amides is 2. The molecular weight excluding hydrogens is 158 g/mol. The smallest absolute Gasteiger partial charge is 0.314 e. The molecule has 0 saturated heterocycles. The number of rotatable bonds is 2. The third-order valence-electron chi connectivity index (χ3n) is 1.44. The summed E-state index contributed by atoms with van der Waals surface area (Å²) in [4.78, 5) is 10.7. The van der Waals surface area contributed by atoms with Crippen LogP contribution in [0, 0.1) is 0 Å². The van der Waals surface area contributed by atoms with E-state index in [0.717, 1.165) is 5.82 Å². The van der Waals surface area contributed by atoms with E-state index in [1.165, 1.54) is 0 Å². The predicted octanol–water partition coefficient (Wildman–Crippen LogP) is -0.756. The second-order valence-corrected chi connectivity index (χ2v) is 2.29. The molecule has 0 aromatic carbocycles. The van der Waals surface area contributed by atoms with Crippen molar-refractivity contribution in [3.63, 3.8) is 0 Å². The summed E-state index contributed by atoms with van der Waals surface area (Å²) in [6.07, 6.45) is 1.58. The highest BCUT2D eigenvalue weighted by atomic mass is 16.2. The number of nitrogens with zero attached hydrogens (tertiary/aromatic N) is 3. The Morgan fingerprint density at radius 1 is 1.75 bits per heavy atom. The second kappa shape index (κ2) is 3.70. The van der Waals surface area contributed by atoms with Crippen LogP contribution in [0.25, 0.3) is 0 Å². The number of aromatic nitrogens is 3. The van der Waals surface area contributed by atoms with Crippen LogP contribution in [0.5, 0.6) is 0 Å². The maximum Gasteiger partial charge on any atom is 0.314 e.